The highest BCUT2D eigenvalue weighted by molar-refractivity contribution is 5.71. The molecule has 0 amide bonds. The van der Waals surface area contributed by atoms with Crippen molar-refractivity contribution < 1.29 is 19.3 Å². The number of nitrogens with two attached hydrogens (primary N) is 1. The Balaban J connectivity index is 1.91. The number of hydrogen-bond donors (Lipinski definition) is 3. The molecular weight excluding hydrogens is 372 g/mol. The number of aromatic hydroxyl groups is 1. The van der Waals surface area contributed by atoms with Crippen molar-refractivity contribution in [2.75, 3.05) is 14.2 Å². The number of nitrogens with one attached hydrogen (secondary N) is 1. The maximum Gasteiger partial charge on any atom is 0.244 e. The number of nitriles is 1. The van der Waals surface area contributed by atoms with Crippen molar-refractivity contribution in [3.05, 3.63) is 65.0 Å². The van der Waals surface area contributed by atoms with Crippen molar-refractivity contribution in [2.24, 2.45) is 5.73 Å². The summed E-state index contributed by atoms with van der Waals surface area (Å²) < 4.78 is 16.1. The first-order valence-electron chi connectivity index (χ1n) is 8.74. The van der Waals surface area contributed by atoms with Crippen LogP contribution in [0.4, 0.5) is 0 Å². The molecule has 4 N–H and O–H groups in total. The molecule has 1 aliphatic heterocycles. The van der Waals surface area contributed by atoms with Crippen molar-refractivity contribution in [3.8, 4) is 40.5 Å². The Morgan fingerprint density at radius 3 is 2.59 bits per heavy atom. The SMILES string of the molecule is COc1ccc(-c2[nH]nc3c2[C@H](c2ccc(O)c(OC)c2)C(C#N)=C(N)O3)cc1. The largest absolute Gasteiger partial charge is 0.504 e. The van der Waals surface area contributed by atoms with Crippen LogP contribution in [0.5, 0.6) is 23.1 Å². The van der Waals surface area contributed by atoms with Gasteiger partial charge in [-0.3, -0.25) is 5.10 Å². The zero-order valence-electron chi connectivity index (χ0n) is 15.8. The molecular formula is C21H18N4O4. The summed E-state index contributed by atoms with van der Waals surface area (Å²) in [6.07, 6.45) is 0. The van der Waals surface area contributed by atoms with E-state index in [4.69, 9.17) is 19.9 Å². The predicted octanol–water partition coefficient (Wildman–Crippen LogP) is 3.02. The summed E-state index contributed by atoms with van der Waals surface area (Å²) in [6, 6.07) is 14.5. The minimum absolute atomic E-state index is 0.00145. The number of ether oxygens (including phenoxy) is 3. The van der Waals surface area contributed by atoms with Gasteiger partial charge in [0.15, 0.2) is 11.5 Å². The number of allylic oxidation sites excluding steroid dienone is 1. The Hall–Kier alpha value is -4.12. The lowest BCUT2D eigenvalue weighted by molar-refractivity contribution is 0.371. The molecule has 8 nitrogen and oxygen atoms in total. The molecule has 8 heteroatoms. The van der Waals surface area contributed by atoms with E-state index in [-0.39, 0.29) is 17.2 Å². The van der Waals surface area contributed by atoms with Crippen LogP contribution in [-0.2, 0) is 0 Å². The Bertz CT molecular complexity index is 1140. The van der Waals surface area contributed by atoms with Gasteiger partial charge in [0.05, 0.1) is 31.4 Å². The van der Waals surface area contributed by atoms with Crippen molar-refractivity contribution >= 4 is 0 Å². The van der Waals surface area contributed by atoms with Crippen LogP contribution < -0.4 is 19.9 Å². The van der Waals surface area contributed by atoms with Crippen LogP contribution in [-0.4, -0.2) is 29.5 Å². The first-order chi connectivity index (χ1) is 14.1. The lowest BCUT2D eigenvalue weighted by Crippen LogP contribution is -2.21. The molecule has 4 rings (SSSR count). The van der Waals surface area contributed by atoms with E-state index >= 15 is 0 Å². The Labute approximate surface area is 166 Å². The highest BCUT2D eigenvalue weighted by Gasteiger charge is 2.36. The summed E-state index contributed by atoms with van der Waals surface area (Å²) in [5.41, 5.74) is 9.17. The molecule has 0 bridgehead atoms. The Morgan fingerprint density at radius 2 is 1.93 bits per heavy atom. The first-order valence-corrected chi connectivity index (χ1v) is 8.74. The van der Waals surface area contributed by atoms with Crippen LogP contribution in [0.2, 0.25) is 0 Å². The van der Waals surface area contributed by atoms with Crippen LogP contribution in [0.25, 0.3) is 11.3 Å². The molecule has 0 fully saturated rings. The van der Waals surface area contributed by atoms with Gasteiger partial charge in [0, 0.05) is 5.56 Å². The molecule has 0 aliphatic carbocycles. The first kappa shape index (κ1) is 18.3. The molecule has 2 heterocycles. The topological polar surface area (TPSA) is 126 Å². The number of phenols is 1. The van der Waals surface area contributed by atoms with Gasteiger partial charge in [-0.2, -0.15) is 5.26 Å². The van der Waals surface area contributed by atoms with E-state index in [0.717, 1.165) is 11.3 Å². The summed E-state index contributed by atoms with van der Waals surface area (Å²) in [5, 5.41) is 27.0. The number of aromatic amines is 1. The van der Waals surface area contributed by atoms with Crippen LogP contribution >= 0.6 is 0 Å². The van der Waals surface area contributed by atoms with Gasteiger partial charge in [-0.05, 0) is 42.0 Å². The van der Waals surface area contributed by atoms with Crippen LogP contribution in [0.15, 0.2) is 53.9 Å². The molecule has 0 spiro atoms. The van der Waals surface area contributed by atoms with Crippen molar-refractivity contribution in [1.29, 1.82) is 5.26 Å². The highest BCUT2D eigenvalue weighted by atomic mass is 16.5. The summed E-state index contributed by atoms with van der Waals surface area (Å²) in [7, 11) is 3.06. The maximum absolute atomic E-state index is 9.96. The van der Waals surface area contributed by atoms with Gasteiger partial charge < -0.3 is 25.1 Å². The number of benzene rings is 2. The van der Waals surface area contributed by atoms with E-state index in [0.29, 0.717) is 28.5 Å². The normalized spacial score (nSPS) is 15.3. The van der Waals surface area contributed by atoms with E-state index in [1.54, 1.807) is 19.2 Å². The number of hydrogen-bond acceptors (Lipinski definition) is 7. The molecule has 0 saturated carbocycles. The van der Waals surface area contributed by atoms with Gasteiger partial charge in [0.25, 0.3) is 0 Å². The van der Waals surface area contributed by atoms with Crippen molar-refractivity contribution in [1.82, 2.24) is 10.2 Å². The minimum Gasteiger partial charge on any atom is -0.504 e. The summed E-state index contributed by atoms with van der Waals surface area (Å²) >= 11 is 0. The van der Waals surface area contributed by atoms with Gasteiger partial charge in [-0.25, -0.2) is 0 Å². The number of nitrogens with zero attached hydrogens (tertiary/aromatic N) is 2. The average Bonchev–Trinajstić information content (AvgIpc) is 3.16. The van der Waals surface area contributed by atoms with Crippen LogP contribution in [0, 0.1) is 11.3 Å². The Morgan fingerprint density at radius 1 is 1.17 bits per heavy atom. The van der Waals surface area contributed by atoms with E-state index < -0.39 is 5.92 Å². The van der Waals surface area contributed by atoms with Gasteiger partial charge >= 0.3 is 0 Å². The number of H-pyrrole nitrogens is 1. The molecule has 1 atom stereocenters. The molecule has 1 aliphatic rings. The van der Waals surface area contributed by atoms with Crippen LogP contribution in [0.3, 0.4) is 0 Å². The molecule has 0 radical (unpaired) electrons. The second-order valence-corrected chi connectivity index (χ2v) is 6.40. The number of aromatic nitrogens is 2. The van der Waals surface area contributed by atoms with Gasteiger partial charge in [-0.15, -0.1) is 5.10 Å². The standard InChI is InChI=1S/C21H18N4O4/c1-27-13-6-3-11(4-7-13)19-18-17(12-5-8-15(26)16(9-12)28-2)14(10-22)20(23)29-21(18)25-24-19/h3-9,17,26H,23H2,1-2H3,(H,24,25)/t17-/m1/s1. The molecule has 29 heavy (non-hydrogen) atoms. The van der Waals surface area contributed by atoms with Gasteiger partial charge in [0.1, 0.15) is 17.4 Å². The maximum atomic E-state index is 9.96. The average molecular weight is 390 g/mol. The monoisotopic (exact) mass is 390 g/mol. The smallest absolute Gasteiger partial charge is 0.244 e. The zero-order valence-corrected chi connectivity index (χ0v) is 15.8. The predicted molar refractivity (Wildman–Crippen MR) is 105 cm³/mol. The fourth-order valence-electron chi connectivity index (χ4n) is 3.43. The van der Waals surface area contributed by atoms with Crippen molar-refractivity contribution in [2.45, 2.75) is 5.92 Å². The minimum atomic E-state index is -0.547. The Kier molecular flexibility index (Phi) is 4.49. The summed E-state index contributed by atoms with van der Waals surface area (Å²) in [6.45, 7) is 0. The van der Waals surface area contributed by atoms with Gasteiger partial charge in [-0.1, -0.05) is 6.07 Å². The van der Waals surface area contributed by atoms with Gasteiger partial charge in [0.2, 0.25) is 11.8 Å². The molecule has 0 saturated heterocycles. The molecule has 3 aromatic rings. The number of phenolic OH excluding ortho intramolecular Hbond substituents is 1. The molecule has 1 aromatic heterocycles. The third-order valence-corrected chi connectivity index (χ3v) is 4.85. The summed E-state index contributed by atoms with van der Waals surface area (Å²) in [5.74, 6) is 0.755. The van der Waals surface area contributed by atoms with Crippen molar-refractivity contribution in [3.63, 3.8) is 0 Å². The lowest BCUT2D eigenvalue weighted by atomic mass is 9.83. The lowest BCUT2D eigenvalue weighted by Gasteiger charge is -2.24. The quantitative estimate of drug-likeness (QED) is 0.625. The second-order valence-electron chi connectivity index (χ2n) is 6.40. The fourth-order valence-corrected chi connectivity index (χ4v) is 3.43. The zero-order chi connectivity index (χ0) is 20.5. The third kappa shape index (κ3) is 2.99. The van der Waals surface area contributed by atoms with Crippen LogP contribution in [0.1, 0.15) is 17.0 Å². The number of methoxy groups -OCH3 is 2. The van der Waals surface area contributed by atoms with E-state index in [1.807, 2.05) is 24.3 Å². The fraction of sp³-hybridized carbons (Fsp3) is 0.143. The highest BCUT2D eigenvalue weighted by Crippen LogP contribution is 2.46. The van der Waals surface area contributed by atoms with E-state index in [9.17, 15) is 10.4 Å². The molecule has 2 aromatic carbocycles. The van der Waals surface area contributed by atoms with E-state index in [1.165, 1.54) is 13.2 Å². The second kappa shape index (κ2) is 7.13. The molecule has 0 unspecified atom stereocenters. The molecule has 146 valence electrons. The number of fused-ring (bicyclic) bond motifs is 1. The number of rotatable bonds is 4. The third-order valence-electron chi connectivity index (χ3n) is 4.85. The summed E-state index contributed by atoms with van der Waals surface area (Å²) in [4.78, 5) is 0. The van der Waals surface area contributed by atoms with E-state index in [2.05, 4.69) is 16.3 Å².